The lowest BCUT2D eigenvalue weighted by Gasteiger charge is -2.29. The molecule has 2 atom stereocenters. The van der Waals surface area contributed by atoms with Crippen LogP contribution in [-0.2, 0) is 16.1 Å². The third-order valence-corrected chi connectivity index (χ3v) is 6.33. The van der Waals surface area contributed by atoms with Crippen molar-refractivity contribution in [1.82, 2.24) is 20.1 Å². The number of carbonyl (C=O) groups excluding carboxylic acids is 3. The Labute approximate surface area is 199 Å². The Morgan fingerprint density at radius 1 is 1.24 bits per heavy atom. The summed E-state index contributed by atoms with van der Waals surface area (Å²) in [6.45, 7) is 1.30. The van der Waals surface area contributed by atoms with E-state index in [1.54, 1.807) is 30.3 Å². The zero-order chi connectivity index (χ0) is 24.1. The Hall–Kier alpha value is -3.46. The molecule has 2 aliphatic rings. The molecule has 9 heteroatoms. The first-order chi connectivity index (χ1) is 16.5. The third kappa shape index (κ3) is 5.36. The van der Waals surface area contributed by atoms with Gasteiger partial charge in [0.25, 0.3) is 5.91 Å². The van der Waals surface area contributed by atoms with Crippen LogP contribution in [0.2, 0.25) is 0 Å². The van der Waals surface area contributed by atoms with E-state index in [4.69, 9.17) is 10.5 Å². The van der Waals surface area contributed by atoms with E-state index in [0.717, 1.165) is 24.2 Å². The molecular weight excluding hydrogens is 434 g/mol. The summed E-state index contributed by atoms with van der Waals surface area (Å²) < 4.78 is 5.34. The predicted octanol–water partition coefficient (Wildman–Crippen LogP) is 1.19. The maximum Gasteiger partial charge on any atom is 0.256 e. The Balaban J connectivity index is 1.60. The molecule has 4 rings (SSSR count). The van der Waals surface area contributed by atoms with E-state index in [0.29, 0.717) is 31.6 Å². The molecule has 3 N–H and O–H groups in total. The molecule has 2 unspecified atom stereocenters. The number of amides is 3. The lowest BCUT2D eigenvalue weighted by Crippen LogP contribution is -2.47. The van der Waals surface area contributed by atoms with Crippen molar-refractivity contribution in [1.29, 1.82) is 0 Å². The second-order valence-corrected chi connectivity index (χ2v) is 8.78. The Morgan fingerprint density at radius 2 is 2.06 bits per heavy atom. The summed E-state index contributed by atoms with van der Waals surface area (Å²) in [4.78, 5) is 47.1. The first-order valence-corrected chi connectivity index (χ1v) is 11.6. The molecule has 3 amide bonds. The summed E-state index contributed by atoms with van der Waals surface area (Å²) in [6, 6.07) is 10.0. The molecule has 34 heavy (non-hydrogen) atoms. The molecule has 9 nitrogen and oxygen atoms in total. The maximum atomic E-state index is 13.3. The van der Waals surface area contributed by atoms with Crippen LogP contribution in [0.25, 0.3) is 0 Å². The Morgan fingerprint density at radius 3 is 2.74 bits per heavy atom. The highest BCUT2D eigenvalue weighted by Crippen LogP contribution is 2.35. The first-order valence-electron chi connectivity index (χ1n) is 11.6. The molecule has 0 radical (unpaired) electrons. The molecule has 1 aromatic carbocycles. The van der Waals surface area contributed by atoms with E-state index < -0.39 is 6.04 Å². The summed E-state index contributed by atoms with van der Waals surface area (Å²) in [6.07, 6.45) is 5.20. The topological polar surface area (TPSA) is 118 Å². The number of hydrogen-bond acceptors (Lipinski definition) is 6. The standard InChI is InChI=1S/C25H31N5O4/c1-34-21-6-2-4-17(12-21)15-29(24(32)18-7-8-18)20-13-22(23(31)28-11-9-26)30(16-20)25(33)19-5-3-10-27-14-19/h2-6,10,12,14,18,20,22H,7-9,11,13,15-16,26H2,1H3,(H,28,31). The number of methoxy groups -OCH3 is 1. The molecule has 2 heterocycles. The van der Waals surface area contributed by atoms with E-state index >= 15 is 0 Å². The Bertz CT molecular complexity index is 1030. The lowest BCUT2D eigenvalue weighted by molar-refractivity contribution is -0.135. The van der Waals surface area contributed by atoms with Crippen molar-refractivity contribution in [3.63, 3.8) is 0 Å². The van der Waals surface area contributed by atoms with E-state index in [9.17, 15) is 14.4 Å². The summed E-state index contributed by atoms with van der Waals surface area (Å²) in [7, 11) is 1.61. The normalized spacial score (nSPS) is 19.5. The largest absolute Gasteiger partial charge is 0.497 e. The fourth-order valence-electron chi connectivity index (χ4n) is 4.40. The minimum atomic E-state index is -0.691. The average Bonchev–Trinajstić information content (AvgIpc) is 3.64. The second kappa shape index (κ2) is 10.6. The molecule has 0 bridgehead atoms. The number of likely N-dealkylation sites (tertiary alicyclic amines) is 1. The van der Waals surface area contributed by atoms with Gasteiger partial charge in [0, 0.05) is 44.5 Å². The van der Waals surface area contributed by atoms with Crippen molar-refractivity contribution >= 4 is 17.7 Å². The van der Waals surface area contributed by atoms with Crippen LogP contribution in [0, 0.1) is 5.92 Å². The van der Waals surface area contributed by atoms with Crippen molar-refractivity contribution in [3.05, 3.63) is 59.9 Å². The number of nitrogens with one attached hydrogen (secondary N) is 1. The second-order valence-electron chi connectivity index (χ2n) is 8.78. The number of benzene rings is 1. The molecule has 1 aliphatic carbocycles. The smallest absolute Gasteiger partial charge is 0.256 e. The highest BCUT2D eigenvalue weighted by Gasteiger charge is 2.45. The number of ether oxygens (including phenoxy) is 1. The van der Waals surface area contributed by atoms with Crippen LogP contribution in [-0.4, -0.2) is 71.3 Å². The van der Waals surface area contributed by atoms with E-state index in [-0.39, 0.29) is 36.2 Å². The Kier molecular flexibility index (Phi) is 7.42. The molecule has 1 aliphatic heterocycles. The minimum absolute atomic E-state index is 0.0122. The lowest BCUT2D eigenvalue weighted by atomic mass is 10.1. The van der Waals surface area contributed by atoms with Gasteiger partial charge in [-0.25, -0.2) is 0 Å². The van der Waals surface area contributed by atoms with E-state index in [1.165, 1.54) is 6.20 Å². The molecule has 2 fully saturated rings. The van der Waals surface area contributed by atoms with Crippen LogP contribution >= 0.6 is 0 Å². The van der Waals surface area contributed by atoms with Crippen LogP contribution in [0.1, 0.15) is 35.2 Å². The van der Waals surface area contributed by atoms with Crippen LogP contribution in [0.15, 0.2) is 48.8 Å². The van der Waals surface area contributed by atoms with Gasteiger partial charge in [-0.3, -0.25) is 19.4 Å². The monoisotopic (exact) mass is 465 g/mol. The van der Waals surface area contributed by atoms with Gasteiger partial charge in [0.05, 0.1) is 18.7 Å². The molecule has 1 saturated carbocycles. The molecule has 0 spiro atoms. The van der Waals surface area contributed by atoms with Gasteiger partial charge in [-0.15, -0.1) is 0 Å². The van der Waals surface area contributed by atoms with Crippen molar-refractivity contribution < 1.29 is 19.1 Å². The quantitative estimate of drug-likeness (QED) is 0.574. The van der Waals surface area contributed by atoms with Crippen LogP contribution in [0.5, 0.6) is 5.75 Å². The van der Waals surface area contributed by atoms with Gasteiger partial charge in [-0.05, 0) is 49.1 Å². The van der Waals surface area contributed by atoms with Crippen molar-refractivity contribution in [2.24, 2.45) is 11.7 Å². The van der Waals surface area contributed by atoms with E-state index in [2.05, 4.69) is 10.3 Å². The number of hydrogen-bond donors (Lipinski definition) is 2. The van der Waals surface area contributed by atoms with Crippen LogP contribution in [0.3, 0.4) is 0 Å². The van der Waals surface area contributed by atoms with Gasteiger partial charge < -0.3 is 25.6 Å². The van der Waals surface area contributed by atoms with E-state index in [1.807, 2.05) is 29.2 Å². The molecular formula is C25H31N5O4. The average molecular weight is 466 g/mol. The minimum Gasteiger partial charge on any atom is -0.497 e. The van der Waals surface area contributed by atoms with Gasteiger partial charge in [-0.1, -0.05) is 12.1 Å². The first kappa shape index (κ1) is 23.7. The number of pyridine rings is 1. The fourth-order valence-corrected chi connectivity index (χ4v) is 4.40. The number of aromatic nitrogens is 1. The maximum absolute atomic E-state index is 13.3. The zero-order valence-corrected chi connectivity index (χ0v) is 19.4. The highest BCUT2D eigenvalue weighted by molar-refractivity contribution is 5.98. The van der Waals surface area contributed by atoms with Crippen molar-refractivity contribution in [3.8, 4) is 5.75 Å². The summed E-state index contributed by atoms with van der Waals surface area (Å²) in [5.74, 6) is 0.270. The fraction of sp³-hybridized carbons (Fsp3) is 0.440. The van der Waals surface area contributed by atoms with Crippen LogP contribution in [0.4, 0.5) is 0 Å². The highest BCUT2D eigenvalue weighted by atomic mass is 16.5. The van der Waals surface area contributed by atoms with Gasteiger partial charge in [-0.2, -0.15) is 0 Å². The zero-order valence-electron chi connectivity index (χ0n) is 19.4. The third-order valence-electron chi connectivity index (χ3n) is 6.33. The van der Waals surface area contributed by atoms with Gasteiger partial charge in [0.1, 0.15) is 11.8 Å². The summed E-state index contributed by atoms with van der Waals surface area (Å²) in [5.41, 5.74) is 6.91. The number of carbonyl (C=O) groups is 3. The molecule has 2 aromatic rings. The van der Waals surface area contributed by atoms with Crippen LogP contribution < -0.4 is 15.8 Å². The van der Waals surface area contributed by atoms with Gasteiger partial charge in [0.2, 0.25) is 11.8 Å². The molecule has 180 valence electrons. The number of rotatable bonds is 9. The van der Waals surface area contributed by atoms with Gasteiger partial charge >= 0.3 is 0 Å². The SMILES string of the molecule is COc1cccc(CN(C(=O)C2CC2)C2CC(C(=O)NCCN)N(C(=O)c3cccnc3)C2)c1. The van der Waals surface area contributed by atoms with Gasteiger partial charge in [0.15, 0.2) is 0 Å². The number of nitrogens with zero attached hydrogens (tertiary/aromatic N) is 3. The van der Waals surface area contributed by atoms with Crippen molar-refractivity contribution in [2.75, 3.05) is 26.7 Å². The molecule has 1 saturated heterocycles. The molecule has 1 aromatic heterocycles. The summed E-state index contributed by atoms with van der Waals surface area (Å²) >= 11 is 0. The van der Waals surface area contributed by atoms with Crippen molar-refractivity contribution in [2.45, 2.75) is 37.9 Å². The summed E-state index contributed by atoms with van der Waals surface area (Å²) in [5, 5.41) is 2.81. The number of nitrogens with two attached hydrogens (primary N) is 1. The predicted molar refractivity (Wildman–Crippen MR) is 126 cm³/mol.